The largest absolute Gasteiger partial charge is 0.377 e. The van der Waals surface area contributed by atoms with E-state index in [2.05, 4.69) is 30.3 Å². The van der Waals surface area contributed by atoms with Crippen LogP contribution in [0.15, 0.2) is 0 Å². The Bertz CT molecular complexity index is 276. The van der Waals surface area contributed by atoms with Gasteiger partial charge in [-0.15, -0.1) is 0 Å². The molecule has 0 aliphatic carbocycles. The summed E-state index contributed by atoms with van der Waals surface area (Å²) >= 11 is 0. The van der Waals surface area contributed by atoms with Crippen molar-refractivity contribution in [2.24, 2.45) is 0 Å². The molecule has 4 nitrogen and oxygen atoms in total. The quantitative estimate of drug-likeness (QED) is 0.760. The van der Waals surface area contributed by atoms with Gasteiger partial charge in [0.25, 0.3) is 0 Å². The molecule has 98 valence electrons. The number of nitriles is 1. The van der Waals surface area contributed by atoms with Gasteiger partial charge in [-0.1, -0.05) is 6.92 Å². The third-order valence-corrected chi connectivity index (χ3v) is 3.68. The molecule has 0 radical (unpaired) electrons. The Morgan fingerprint density at radius 1 is 1.59 bits per heavy atom. The predicted octanol–water partition coefficient (Wildman–Crippen LogP) is 1.38. The lowest BCUT2D eigenvalue weighted by molar-refractivity contribution is 0.0815. The van der Waals surface area contributed by atoms with E-state index in [0.29, 0.717) is 12.1 Å². The van der Waals surface area contributed by atoms with Crippen molar-refractivity contribution in [3.8, 4) is 6.07 Å². The lowest BCUT2D eigenvalue weighted by Gasteiger charge is -2.30. The van der Waals surface area contributed by atoms with E-state index in [9.17, 15) is 5.26 Å². The third kappa shape index (κ3) is 3.95. The number of hydrogen-bond donors (Lipinski definition) is 1. The van der Waals surface area contributed by atoms with Gasteiger partial charge in [0.1, 0.15) is 5.54 Å². The molecule has 17 heavy (non-hydrogen) atoms. The van der Waals surface area contributed by atoms with Crippen LogP contribution in [0.2, 0.25) is 0 Å². The van der Waals surface area contributed by atoms with E-state index < -0.39 is 5.54 Å². The molecular formula is C13H25N3O. The minimum absolute atomic E-state index is 0.312. The molecule has 1 saturated heterocycles. The van der Waals surface area contributed by atoms with Crippen LogP contribution in [0.25, 0.3) is 0 Å². The van der Waals surface area contributed by atoms with Crippen LogP contribution in [0.4, 0.5) is 0 Å². The van der Waals surface area contributed by atoms with Gasteiger partial charge in [0.15, 0.2) is 0 Å². The summed E-state index contributed by atoms with van der Waals surface area (Å²) < 4.78 is 5.57. The number of nitrogens with one attached hydrogen (secondary N) is 1. The Hall–Kier alpha value is -0.630. The van der Waals surface area contributed by atoms with Crippen LogP contribution in [0.1, 0.15) is 33.6 Å². The maximum absolute atomic E-state index is 9.19. The van der Waals surface area contributed by atoms with Crippen LogP contribution in [0, 0.1) is 11.3 Å². The van der Waals surface area contributed by atoms with Crippen LogP contribution in [0.3, 0.4) is 0 Å². The summed E-state index contributed by atoms with van der Waals surface area (Å²) in [6, 6.07) is 2.87. The van der Waals surface area contributed by atoms with E-state index in [4.69, 9.17) is 4.74 Å². The lowest BCUT2D eigenvalue weighted by Crippen LogP contribution is -2.45. The first kappa shape index (κ1) is 14.4. The van der Waals surface area contributed by atoms with Crippen molar-refractivity contribution >= 4 is 0 Å². The molecule has 0 amide bonds. The standard InChI is InChI=1S/C13H25N3O/c1-5-15-13(3,10-14)7-8-16(4)12-6-9-17-11(12)2/h11-12,15H,5-9H2,1-4H3. The minimum Gasteiger partial charge on any atom is -0.377 e. The van der Waals surface area contributed by atoms with Crippen LogP contribution >= 0.6 is 0 Å². The van der Waals surface area contributed by atoms with Crippen LogP contribution in [-0.4, -0.2) is 49.3 Å². The zero-order valence-electron chi connectivity index (χ0n) is 11.5. The monoisotopic (exact) mass is 239 g/mol. The summed E-state index contributed by atoms with van der Waals surface area (Å²) in [5.74, 6) is 0. The molecule has 0 spiro atoms. The summed E-state index contributed by atoms with van der Waals surface area (Å²) in [5.41, 5.74) is -0.411. The first-order valence-corrected chi connectivity index (χ1v) is 6.50. The molecular weight excluding hydrogens is 214 g/mol. The summed E-state index contributed by atoms with van der Waals surface area (Å²) in [6.45, 7) is 8.75. The number of ether oxygens (including phenoxy) is 1. The van der Waals surface area contributed by atoms with Crippen molar-refractivity contribution in [2.45, 2.75) is 51.3 Å². The van der Waals surface area contributed by atoms with Crippen LogP contribution in [-0.2, 0) is 4.74 Å². The van der Waals surface area contributed by atoms with Crippen molar-refractivity contribution in [1.29, 1.82) is 5.26 Å². The van der Waals surface area contributed by atoms with Gasteiger partial charge in [0, 0.05) is 19.2 Å². The molecule has 4 heteroatoms. The number of hydrogen-bond acceptors (Lipinski definition) is 4. The lowest BCUT2D eigenvalue weighted by atomic mass is 9.98. The van der Waals surface area contributed by atoms with Crippen molar-refractivity contribution < 1.29 is 4.74 Å². The highest BCUT2D eigenvalue weighted by molar-refractivity contribution is 5.04. The third-order valence-electron chi connectivity index (χ3n) is 3.68. The summed E-state index contributed by atoms with van der Waals surface area (Å²) in [4.78, 5) is 2.32. The molecule has 0 aromatic rings. The van der Waals surface area contributed by atoms with Crippen molar-refractivity contribution in [3.63, 3.8) is 0 Å². The second-order valence-corrected chi connectivity index (χ2v) is 5.14. The number of nitrogens with zero attached hydrogens (tertiary/aromatic N) is 2. The van der Waals surface area contributed by atoms with Gasteiger partial charge in [0.05, 0.1) is 12.2 Å². The minimum atomic E-state index is -0.411. The molecule has 0 aromatic heterocycles. The average molecular weight is 239 g/mol. The second kappa shape index (κ2) is 6.34. The molecule has 1 N–H and O–H groups in total. The Morgan fingerprint density at radius 3 is 2.76 bits per heavy atom. The fraction of sp³-hybridized carbons (Fsp3) is 0.923. The Balaban J connectivity index is 2.41. The molecule has 1 aliphatic heterocycles. The van der Waals surface area contributed by atoms with Crippen LogP contribution in [0.5, 0.6) is 0 Å². The maximum atomic E-state index is 9.19. The van der Waals surface area contributed by atoms with Gasteiger partial charge in [-0.3, -0.25) is 5.32 Å². The predicted molar refractivity (Wildman–Crippen MR) is 68.8 cm³/mol. The van der Waals surface area contributed by atoms with E-state index >= 15 is 0 Å². The Labute approximate surface area is 105 Å². The van der Waals surface area contributed by atoms with Gasteiger partial charge in [0.2, 0.25) is 0 Å². The SMILES string of the molecule is CCNC(C)(C#N)CCN(C)C1CCOC1C. The van der Waals surface area contributed by atoms with Gasteiger partial charge >= 0.3 is 0 Å². The van der Waals surface area contributed by atoms with Gasteiger partial charge in [-0.2, -0.15) is 5.26 Å². The first-order chi connectivity index (χ1) is 8.02. The van der Waals surface area contributed by atoms with E-state index in [0.717, 1.165) is 32.5 Å². The fourth-order valence-electron chi connectivity index (χ4n) is 2.44. The van der Waals surface area contributed by atoms with E-state index in [1.807, 2.05) is 13.8 Å². The highest BCUT2D eigenvalue weighted by Gasteiger charge is 2.29. The molecule has 1 rings (SSSR count). The highest BCUT2D eigenvalue weighted by atomic mass is 16.5. The van der Waals surface area contributed by atoms with Gasteiger partial charge < -0.3 is 9.64 Å². The average Bonchev–Trinajstić information content (AvgIpc) is 2.73. The van der Waals surface area contributed by atoms with E-state index in [1.54, 1.807) is 0 Å². The Morgan fingerprint density at radius 2 is 2.29 bits per heavy atom. The van der Waals surface area contributed by atoms with Gasteiger partial charge in [-0.25, -0.2) is 0 Å². The Kier molecular flexibility index (Phi) is 5.38. The number of likely N-dealkylation sites (N-methyl/N-ethyl adjacent to an activating group) is 1. The second-order valence-electron chi connectivity index (χ2n) is 5.14. The maximum Gasteiger partial charge on any atom is 0.105 e. The molecule has 1 heterocycles. The molecule has 1 fully saturated rings. The molecule has 0 saturated carbocycles. The number of rotatable bonds is 6. The first-order valence-electron chi connectivity index (χ1n) is 6.50. The van der Waals surface area contributed by atoms with Crippen molar-refractivity contribution in [2.75, 3.05) is 26.7 Å². The summed E-state index contributed by atoms with van der Waals surface area (Å²) in [6.07, 6.45) is 2.26. The zero-order valence-corrected chi connectivity index (χ0v) is 11.5. The van der Waals surface area contributed by atoms with E-state index in [-0.39, 0.29) is 0 Å². The van der Waals surface area contributed by atoms with Crippen LogP contribution < -0.4 is 5.32 Å². The smallest absolute Gasteiger partial charge is 0.105 e. The molecule has 3 unspecified atom stereocenters. The summed E-state index contributed by atoms with van der Waals surface area (Å²) in [5, 5.41) is 12.4. The zero-order chi connectivity index (χ0) is 12.9. The molecule has 0 bridgehead atoms. The normalized spacial score (nSPS) is 28.0. The highest BCUT2D eigenvalue weighted by Crippen LogP contribution is 2.19. The topological polar surface area (TPSA) is 48.3 Å². The molecule has 1 aliphatic rings. The van der Waals surface area contributed by atoms with Gasteiger partial charge in [-0.05, 0) is 40.3 Å². The molecule has 3 atom stereocenters. The van der Waals surface area contributed by atoms with E-state index in [1.165, 1.54) is 0 Å². The molecule has 0 aromatic carbocycles. The van der Waals surface area contributed by atoms with Crippen molar-refractivity contribution in [3.05, 3.63) is 0 Å². The van der Waals surface area contributed by atoms with Crippen molar-refractivity contribution in [1.82, 2.24) is 10.2 Å². The summed E-state index contributed by atoms with van der Waals surface area (Å²) in [7, 11) is 2.12. The fourth-order valence-corrected chi connectivity index (χ4v) is 2.44.